The summed E-state index contributed by atoms with van der Waals surface area (Å²) >= 11 is 1.46. The van der Waals surface area contributed by atoms with Gasteiger partial charge >= 0.3 is 12.3 Å². The van der Waals surface area contributed by atoms with Crippen LogP contribution < -0.4 is 4.74 Å². The standard InChI is InChI=1S/C28H17F9OS/c1-2-3-10-39-18-5-7-20-16(12-18)14-23(30)24(26(20)32)28(36,37)38-17-4-6-19-15(11-17)13-22(29)21(25(19)31)8-9-27(33,34)35/h4-7,11-14H,2-3,10H2,1H3. The second-order valence-electron chi connectivity index (χ2n) is 8.43. The fourth-order valence-corrected chi connectivity index (χ4v) is 4.86. The van der Waals surface area contributed by atoms with Crippen LogP contribution in [0, 0.1) is 35.1 Å². The average Bonchev–Trinajstić information content (AvgIpc) is 2.82. The van der Waals surface area contributed by atoms with Crippen LogP contribution >= 0.6 is 11.8 Å². The minimum atomic E-state index is -5.00. The maximum Gasteiger partial charge on any atom is 0.458 e. The van der Waals surface area contributed by atoms with E-state index in [1.54, 1.807) is 0 Å². The third kappa shape index (κ3) is 6.22. The topological polar surface area (TPSA) is 9.23 Å². The van der Waals surface area contributed by atoms with Crippen molar-refractivity contribution in [3.63, 3.8) is 0 Å². The molecule has 11 heteroatoms. The monoisotopic (exact) mass is 572 g/mol. The van der Waals surface area contributed by atoms with Crippen LogP contribution in [0.5, 0.6) is 5.75 Å². The zero-order valence-corrected chi connectivity index (χ0v) is 20.8. The Morgan fingerprint density at radius 2 is 1.44 bits per heavy atom. The van der Waals surface area contributed by atoms with Crippen molar-refractivity contribution in [1.82, 2.24) is 0 Å². The van der Waals surface area contributed by atoms with Crippen LogP contribution in [0.3, 0.4) is 0 Å². The molecule has 0 spiro atoms. The number of alkyl halides is 5. The first-order valence-corrected chi connectivity index (χ1v) is 12.4. The van der Waals surface area contributed by atoms with Crippen LogP contribution in [0.25, 0.3) is 21.5 Å². The largest absolute Gasteiger partial charge is 0.458 e. The molecule has 0 fully saturated rings. The Bertz CT molecular complexity index is 1620. The molecular formula is C28H17F9OS. The number of hydrogen-bond donors (Lipinski definition) is 0. The summed E-state index contributed by atoms with van der Waals surface area (Å²) in [6.07, 6.45) is -7.66. The first-order valence-electron chi connectivity index (χ1n) is 11.4. The minimum absolute atomic E-state index is 0.0760. The van der Waals surface area contributed by atoms with Gasteiger partial charge in [0.15, 0.2) is 0 Å². The van der Waals surface area contributed by atoms with Gasteiger partial charge in [-0.1, -0.05) is 25.3 Å². The highest BCUT2D eigenvalue weighted by atomic mass is 32.2. The van der Waals surface area contributed by atoms with Gasteiger partial charge < -0.3 is 4.74 Å². The van der Waals surface area contributed by atoms with Crippen LogP contribution in [-0.2, 0) is 6.11 Å². The lowest BCUT2D eigenvalue weighted by Gasteiger charge is -2.20. The van der Waals surface area contributed by atoms with Crippen molar-refractivity contribution in [2.24, 2.45) is 0 Å². The zero-order valence-electron chi connectivity index (χ0n) is 20.0. The number of benzene rings is 4. The summed E-state index contributed by atoms with van der Waals surface area (Å²) in [5, 5.41) is -0.977. The summed E-state index contributed by atoms with van der Waals surface area (Å²) in [5.74, 6) is -3.82. The zero-order chi connectivity index (χ0) is 28.5. The molecule has 0 aromatic heterocycles. The molecule has 0 amide bonds. The minimum Gasteiger partial charge on any atom is -0.429 e. The summed E-state index contributed by atoms with van der Waals surface area (Å²) in [6, 6.07) is 8.04. The predicted octanol–water partition coefficient (Wildman–Crippen LogP) is 9.48. The van der Waals surface area contributed by atoms with E-state index in [0.717, 1.165) is 48.8 Å². The molecule has 4 aromatic rings. The Labute approximate surface area is 220 Å². The molecule has 204 valence electrons. The van der Waals surface area contributed by atoms with Gasteiger partial charge in [-0.25, -0.2) is 17.6 Å². The van der Waals surface area contributed by atoms with Gasteiger partial charge in [0.05, 0.1) is 5.56 Å². The fraction of sp³-hybridized carbons (Fsp3) is 0.214. The normalized spacial score (nSPS) is 12.1. The van der Waals surface area contributed by atoms with Crippen LogP contribution in [0.2, 0.25) is 0 Å². The van der Waals surface area contributed by atoms with E-state index < -0.39 is 57.8 Å². The molecule has 0 aliphatic carbocycles. The predicted molar refractivity (Wildman–Crippen MR) is 131 cm³/mol. The first-order chi connectivity index (χ1) is 18.3. The number of ether oxygens (including phenoxy) is 1. The molecule has 0 heterocycles. The van der Waals surface area contributed by atoms with Crippen molar-refractivity contribution in [1.29, 1.82) is 0 Å². The molecular weight excluding hydrogens is 555 g/mol. The van der Waals surface area contributed by atoms with Crippen molar-refractivity contribution >= 4 is 33.3 Å². The lowest BCUT2D eigenvalue weighted by atomic mass is 10.0. The van der Waals surface area contributed by atoms with Crippen LogP contribution in [0.15, 0.2) is 53.4 Å². The quantitative estimate of drug-likeness (QED) is 0.0944. The lowest BCUT2D eigenvalue weighted by Crippen LogP contribution is -2.25. The van der Waals surface area contributed by atoms with E-state index >= 15 is 13.2 Å². The van der Waals surface area contributed by atoms with E-state index in [1.807, 2.05) is 6.92 Å². The van der Waals surface area contributed by atoms with Crippen molar-refractivity contribution in [3.05, 3.63) is 82.9 Å². The van der Waals surface area contributed by atoms with Crippen molar-refractivity contribution in [2.75, 3.05) is 5.75 Å². The number of rotatable bonds is 7. The lowest BCUT2D eigenvalue weighted by molar-refractivity contribution is -0.189. The smallest absolute Gasteiger partial charge is 0.429 e. The summed E-state index contributed by atoms with van der Waals surface area (Å²) in [6.45, 7) is 2.01. The Hall–Kier alpha value is -3.52. The summed E-state index contributed by atoms with van der Waals surface area (Å²) in [5.41, 5.74) is -2.82. The maximum atomic E-state index is 15.1. The molecule has 39 heavy (non-hydrogen) atoms. The summed E-state index contributed by atoms with van der Waals surface area (Å²) in [4.78, 5) is 0.716. The van der Waals surface area contributed by atoms with E-state index in [0.29, 0.717) is 11.0 Å². The highest BCUT2D eigenvalue weighted by Crippen LogP contribution is 2.39. The summed E-state index contributed by atoms with van der Waals surface area (Å²) in [7, 11) is 0. The van der Waals surface area contributed by atoms with E-state index in [2.05, 4.69) is 4.74 Å². The maximum absolute atomic E-state index is 15.1. The van der Waals surface area contributed by atoms with Crippen LogP contribution in [-0.4, -0.2) is 11.9 Å². The second-order valence-corrected chi connectivity index (χ2v) is 9.60. The van der Waals surface area contributed by atoms with Gasteiger partial charge in [0.25, 0.3) is 0 Å². The van der Waals surface area contributed by atoms with E-state index in [4.69, 9.17) is 0 Å². The Kier molecular flexibility index (Phi) is 7.98. The second kappa shape index (κ2) is 10.9. The Morgan fingerprint density at radius 1 is 0.795 bits per heavy atom. The number of hydrogen-bond acceptors (Lipinski definition) is 2. The molecule has 0 atom stereocenters. The number of fused-ring (bicyclic) bond motifs is 2. The molecule has 4 aromatic carbocycles. The SMILES string of the molecule is CCCCSc1ccc2c(F)c(C(F)(F)Oc3ccc4c(F)c(C#CC(F)(F)F)c(F)cc4c3)c(F)cc2c1. The molecule has 4 rings (SSSR count). The molecule has 0 aliphatic heterocycles. The van der Waals surface area contributed by atoms with Gasteiger partial charge in [0.2, 0.25) is 0 Å². The Morgan fingerprint density at radius 3 is 2.13 bits per heavy atom. The number of thioether (sulfide) groups is 1. The van der Waals surface area contributed by atoms with Crippen molar-refractivity contribution < 1.29 is 44.3 Å². The molecule has 0 aliphatic rings. The van der Waals surface area contributed by atoms with Crippen LogP contribution in [0.1, 0.15) is 30.9 Å². The highest BCUT2D eigenvalue weighted by Gasteiger charge is 2.42. The number of unbranched alkanes of at least 4 members (excludes halogenated alkanes) is 1. The first kappa shape index (κ1) is 28.5. The van der Waals surface area contributed by atoms with E-state index in [1.165, 1.54) is 35.9 Å². The third-order valence-corrected chi connectivity index (χ3v) is 6.71. The van der Waals surface area contributed by atoms with Gasteiger partial charge in [-0.05, 0) is 65.4 Å². The molecule has 0 unspecified atom stereocenters. The van der Waals surface area contributed by atoms with Gasteiger partial charge in [0.1, 0.15) is 34.6 Å². The van der Waals surface area contributed by atoms with Crippen LogP contribution in [0.4, 0.5) is 39.5 Å². The molecule has 0 bridgehead atoms. The van der Waals surface area contributed by atoms with E-state index in [9.17, 15) is 26.3 Å². The molecule has 0 N–H and O–H groups in total. The molecule has 0 saturated heterocycles. The fourth-order valence-electron chi connectivity index (χ4n) is 3.82. The van der Waals surface area contributed by atoms with Crippen molar-refractivity contribution in [2.45, 2.75) is 36.9 Å². The Balaban J connectivity index is 1.68. The molecule has 0 saturated carbocycles. The van der Waals surface area contributed by atoms with Gasteiger partial charge in [-0.2, -0.15) is 22.0 Å². The third-order valence-electron chi connectivity index (χ3n) is 5.63. The van der Waals surface area contributed by atoms with Gasteiger partial charge in [-0.15, -0.1) is 11.8 Å². The summed E-state index contributed by atoms with van der Waals surface area (Å²) < 4.78 is 130. The van der Waals surface area contributed by atoms with Gasteiger partial charge in [-0.3, -0.25) is 0 Å². The highest BCUT2D eigenvalue weighted by molar-refractivity contribution is 7.99. The van der Waals surface area contributed by atoms with Crippen molar-refractivity contribution in [3.8, 4) is 17.6 Å². The number of halogens is 9. The average molecular weight is 572 g/mol. The molecule has 0 radical (unpaired) electrons. The molecule has 1 nitrogen and oxygen atoms in total. The van der Waals surface area contributed by atoms with Gasteiger partial charge in [0, 0.05) is 21.6 Å². The van der Waals surface area contributed by atoms with E-state index in [-0.39, 0.29) is 16.2 Å².